The fraction of sp³-hybridized carbons (Fsp3) is 0.400. The van der Waals surface area contributed by atoms with Crippen molar-refractivity contribution >= 4 is 39.8 Å². The number of ether oxygens (including phenoxy) is 2. The number of benzene rings is 1. The molecule has 1 aromatic carbocycles. The molecule has 0 atom stereocenters. The SMILES string of the molecule is COC(=O)c1c(NC(=O)CCCOc2ccc(Cl)cc2)sc2c1CCCC2. The van der Waals surface area contributed by atoms with Crippen LogP contribution in [0.2, 0.25) is 5.02 Å². The molecule has 144 valence electrons. The minimum absolute atomic E-state index is 0.126. The summed E-state index contributed by atoms with van der Waals surface area (Å²) in [5.74, 6) is 0.216. The van der Waals surface area contributed by atoms with E-state index in [1.807, 2.05) is 0 Å². The van der Waals surface area contributed by atoms with E-state index in [2.05, 4.69) is 5.32 Å². The van der Waals surface area contributed by atoms with Crippen molar-refractivity contribution in [3.63, 3.8) is 0 Å². The van der Waals surface area contributed by atoms with Crippen molar-refractivity contribution in [2.45, 2.75) is 38.5 Å². The van der Waals surface area contributed by atoms with Crippen molar-refractivity contribution < 1.29 is 19.1 Å². The largest absolute Gasteiger partial charge is 0.494 e. The predicted octanol–water partition coefficient (Wildman–Crippen LogP) is 4.86. The number of carbonyl (C=O) groups excluding carboxylic acids is 2. The lowest BCUT2D eigenvalue weighted by molar-refractivity contribution is -0.116. The number of rotatable bonds is 7. The fourth-order valence-corrected chi connectivity index (χ4v) is 4.53. The summed E-state index contributed by atoms with van der Waals surface area (Å²) in [5, 5.41) is 4.16. The van der Waals surface area contributed by atoms with Crippen LogP contribution in [0, 0.1) is 0 Å². The highest BCUT2D eigenvalue weighted by Gasteiger charge is 2.26. The van der Waals surface area contributed by atoms with Crippen molar-refractivity contribution in [2.24, 2.45) is 0 Å². The lowest BCUT2D eigenvalue weighted by atomic mass is 9.95. The minimum Gasteiger partial charge on any atom is -0.494 e. The number of aryl methyl sites for hydroxylation is 1. The Morgan fingerprint density at radius 2 is 1.93 bits per heavy atom. The van der Waals surface area contributed by atoms with Crippen LogP contribution in [0.1, 0.15) is 46.5 Å². The van der Waals surface area contributed by atoms with E-state index in [9.17, 15) is 9.59 Å². The first kappa shape index (κ1) is 19.7. The maximum absolute atomic E-state index is 12.3. The summed E-state index contributed by atoms with van der Waals surface area (Å²) >= 11 is 7.33. The van der Waals surface area contributed by atoms with Crippen LogP contribution < -0.4 is 10.1 Å². The predicted molar refractivity (Wildman–Crippen MR) is 107 cm³/mol. The summed E-state index contributed by atoms with van der Waals surface area (Å²) in [6.07, 6.45) is 4.88. The zero-order valence-electron chi connectivity index (χ0n) is 15.2. The third-order valence-corrected chi connectivity index (χ3v) is 5.90. The van der Waals surface area contributed by atoms with Crippen molar-refractivity contribution in [1.82, 2.24) is 0 Å². The monoisotopic (exact) mass is 407 g/mol. The molecular weight excluding hydrogens is 386 g/mol. The Bertz CT molecular complexity index is 816. The second-order valence-electron chi connectivity index (χ2n) is 6.36. The lowest BCUT2D eigenvalue weighted by Gasteiger charge is -2.11. The number of carbonyl (C=O) groups is 2. The Hall–Kier alpha value is -2.05. The number of hydrogen-bond acceptors (Lipinski definition) is 5. The molecule has 1 heterocycles. The van der Waals surface area contributed by atoms with Gasteiger partial charge in [-0.15, -0.1) is 11.3 Å². The average molecular weight is 408 g/mol. The van der Waals surface area contributed by atoms with Gasteiger partial charge in [-0.3, -0.25) is 4.79 Å². The molecule has 0 bridgehead atoms. The Balaban J connectivity index is 1.55. The Kier molecular flexibility index (Phi) is 6.74. The maximum atomic E-state index is 12.3. The second kappa shape index (κ2) is 9.24. The van der Waals surface area contributed by atoms with Gasteiger partial charge in [-0.25, -0.2) is 4.79 Å². The molecule has 1 amide bonds. The Morgan fingerprint density at radius 1 is 1.19 bits per heavy atom. The smallest absolute Gasteiger partial charge is 0.341 e. The number of esters is 1. The van der Waals surface area contributed by atoms with Gasteiger partial charge in [0.1, 0.15) is 10.8 Å². The number of halogens is 1. The Morgan fingerprint density at radius 3 is 2.67 bits per heavy atom. The Labute approximate surface area is 167 Å². The molecule has 3 rings (SSSR count). The molecule has 0 fully saturated rings. The maximum Gasteiger partial charge on any atom is 0.341 e. The number of amides is 1. The number of fused-ring (bicyclic) bond motifs is 1. The standard InChI is InChI=1S/C20H22ClNO4S/c1-25-20(24)18-15-5-2-3-6-16(15)27-19(18)22-17(23)7-4-12-26-14-10-8-13(21)9-11-14/h8-11H,2-7,12H2,1H3,(H,22,23). The van der Waals surface area contributed by atoms with Gasteiger partial charge in [0.25, 0.3) is 0 Å². The molecule has 0 unspecified atom stereocenters. The lowest BCUT2D eigenvalue weighted by Crippen LogP contribution is -2.15. The number of hydrogen-bond donors (Lipinski definition) is 1. The molecule has 1 aliphatic rings. The van der Waals surface area contributed by atoms with Crippen molar-refractivity contribution in [1.29, 1.82) is 0 Å². The average Bonchev–Trinajstić information content (AvgIpc) is 3.03. The summed E-state index contributed by atoms with van der Waals surface area (Å²) in [6.45, 7) is 0.430. The van der Waals surface area contributed by atoms with Gasteiger partial charge in [0.15, 0.2) is 0 Å². The highest BCUT2D eigenvalue weighted by atomic mass is 35.5. The number of methoxy groups -OCH3 is 1. The summed E-state index contributed by atoms with van der Waals surface area (Å²) in [5.41, 5.74) is 1.57. The molecule has 27 heavy (non-hydrogen) atoms. The van der Waals surface area contributed by atoms with Gasteiger partial charge >= 0.3 is 5.97 Å². The molecule has 2 aromatic rings. The first-order chi connectivity index (χ1) is 13.1. The van der Waals surface area contributed by atoms with E-state index in [0.717, 1.165) is 37.0 Å². The van der Waals surface area contributed by atoms with Crippen LogP contribution in [0.15, 0.2) is 24.3 Å². The quantitative estimate of drug-likeness (QED) is 0.525. The first-order valence-corrected chi connectivity index (χ1v) is 10.2. The van der Waals surface area contributed by atoms with Gasteiger partial charge in [-0.05, 0) is 61.9 Å². The van der Waals surface area contributed by atoms with Crippen LogP contribution in [0.4, 0.5) is 5.00 Å². The highest BCUT2D eigenvalue weighted by Crippen LogP contribution is 2.38. The van der Waals surface area contributed by atoms with Gasteiger partial charge in [0, 0.05) is 16.3 Å². The molecule has 0 radical (unpaired) electrons. The molecule has 5 nitrogen and oxygen atoms in total. The van der Waals surface area contributed by atoms with Crippen molar-refractivity contribution in [2.75, 3.05) is 19.0 Å². The van der Waals surface area contributed by atoms with Crippen molar-refractivity contribution in [3.8, 4) is 5.75 Å². The van der Waals surface area contributed by atoms with E-state index >= 15 is 0 Å². The van der Waals surface area contributed by atoms with Crippen LogP contribution >= 0.6 is 22.9 Å². The van der Waals surface area contributed by atoms with E-state index < -0.39 is 0 Å². The zero-order valence-corrected chi connectivity index (χ0v) is 16.8. The molecule has 1 aromatic heterocycles. The molecule has 7 heteroatoms. The minimum atomic E-state index is -0.379. The second-order valence-corrected chi connectivity index (χ2v) is 7.90. The third-order valence-electron chi connectivity index (χ3n) is 4.44. The van der Waals surface area contributed by atoms with Gasteiger partial charge in [0.05, 0.1) is 19.3 Å². The highest BCUT2D eigenvalue weighted by molar-refractivity contribution is 7.17. The fourth-order valence-electron chi connectivity index (χ4n) is 3.11. The van der Waals surface area contributed by atoms with E-state index in [1.54, 1.807) is 24.3 Å². The summed E-state index contributed by atoms with van der Waals surface area (Å²) in [7, 11) is 1.37. The van der Waals surface area contributed by atoms with Gasteiger partial charge in [-0.2, -0.15) is 0 Å². The number of nitrogens with one attached hydrogen (secondary N) is 1. The summed E-state index contributed by atoms with van der Waals surface area (Å²) in [4.78, 5) is 25.7. The normalized spacial score (nSPS) is 13.0. The molecule has 1 N–H and O–H groups in total. The summed E-state index contributed by atoms with van der Waals surface area (Å²) < 4.78 is 10.5. The first-order valence-electron chi connectivity index (χ1n) is 8.99. The van der Waals surface area contributed by atoms with Gasteiger partial charge in [-0.1, -0.05) is 11.6 Å². The molecule has 0 saturated heterocycles. The van der Waals surface area contributed by atoms with Crippen LogP contribution in [0.3, 0.4) is 0 Å². The van der Waals surface area contributed by atoms with Crippen molar-refractivity contribution in [3.05, 3.63) is 45.3 Å². The number of anilines is 1. The van der Waals surface area contributed by atoms with E-state index in [-0.39, 0.29) is 11.9 Å². The topological polar surface area (TPSA) is 64.6 Å². The van der Waals surface area contributed by atoms with E-state index in [0.29, 0.717) is 35.0 Å². The summed E-state index contributed by atoms with van der Waals surface area (Å²) in [6, 6.07) is 7.11. The van der Waals surface area contributed by atoms with E-state index in [1.165, 1.54) is 23.3 Å². The van der Waals surface area contributed by atoms with Crippen LogP contribution in [-0.4, -0.2) is 25.6 Å². The zero-order chi connectivity index (χ0) is 19.2. The third kappa shape index (κ3) is 5.02. The van der Waals surface area contributed by atoms with Gasteiger partial charge in [0.2, 0.25) is 5.91 Å². The van der Waals surface area contributed by atoms with Crippen LogP contribution in [0.25, 0.3) is 0 Å². The molecule has 0 saturated carbocycles. The molecule has 0 spiro atoms. The van der Waals surface area contributed by atoms with Gasteiger partial charge < -0.3 is 14.8 Å². The van der Waals surface area contributed by atoms with Crippen LogP contribution in [-0.2, 0) is 22.4 Å². The molecular formula is C20H22ClNO4S. The molecule has 1 aliphatic carbocycles. The van der Waals surface area contributed by atoms with Crippen LogP contribution in [0.5, 0.6) is 5.75 Å². The molecule has 0 aliphatic heterocycles. The number of thiophene rings is 1. The van der Waals surface area contributed by atoms with E-state index in [4.69, 9.17) is 21.1 Å².